The summed E-state index contributed by atoms with van der Waals surface area (Å²) < 4.78 is 13.1. The molecule has 0 saturated carbocycles. The monoisotopic (exact) mass is 268 g/mol. The van der Waals surface area contributed by atoms with E-state index in [1.54, 1.807) is 6.26 Å². The molecule has 0 spiro atoms. The Labute approximate surface area is 117 Å². The first-order valence-corrected chi connectivity index (χ1v) is 7.01. The summed E-state index contributed by atoms with van der Waals surface area (Å²) in [6.07, 6.45) is 6.53. The molecular weight excluding hydrogens is 252 g/mol. The largest absolute Gasteiger partial charge is 0.463 e. The molecule has 4 rings (SSSR count). The first-order valence-electron chi connectivity index (χ1n) is 7.01. The van der Waals surface area contributed by atoms with E-state index in [1.807, 2.05) is 18.2 Å². The van der Waals surface area contributed by atoms with E-state index in [-0.39, 0.29) is 0 Å². The first-order chi connectivity index (χ1) is 9.83. The van der Waals surface area contributed by atoms with Crippen LogP contribution in [0.5, 0.6) is 0 Å². The number of hydrogen-bond acceptors (Lipinski definition) is 3. The van der Waals surface area contributed by atoms with Gasteiger partial charge in [0.2, 0.25) is 0 Å². The highest BCUT2D eigenvalue weighted by atomic mass is 16.5. The molecule has 102 valence electrons. The lowest BCUT2D eigenvalue weighted by Gasteiger charge is -2.12. The highest BCUT2D eigenvalue weighted by molar-refractivity contribution is 5.63. The Morgan fingerprint density at radius 3 is 2.85 bits per heavy atom. The zero-order chi connectivity index (χ0) is 13.5. The molecule has 3 aromatic heterocycles. The summed E-state index contributed by atoms with van der Waals surface area (Å²) in [4.78, 5) is 0. The molecule has 1 aliphatic carbocycles. The van der Waals surface area contributed by atoms with Crippen molar-refractivity contribution in [3.05, 3.63) is 41.8 Å². The van der Waals surface area contributed by atoms with Crippen molar-refractivity contribution in [3.8, 4) is 22.9 Å². The number of aromatic nitrogens is 2. The Balaban J connectivity index is 1.76. The van der Waals surface area contributed by atoms with Crippen LogP contribution in [0.15, 0.2) is 39.5 Å². The summed E-state index contributed by atoms with van der Waals surface area (Å²) in [5.41, 5.74) is 4.72. The summed E-state index contributed by atoms with van der Waals surface area (Å²) in [5, 5.41) is 4.10. The zero-order valence-corrected chi connectivity index (χ0v) is 11.4. The maximum Gasteiger partial charge on any atom is 0.183 e. The quantitative estimate of drug-likeness (QED) is 0.709. The molecule has 0 unspecified atom stereocenters. The molecule has 4 heteroatoms. The number of aryl methyl sites for hydroxylation is 1. The van der Waals surface area contributed by atoms with Crippen LogP contribution in [-0.4, -0.2) is 9.72 Å². The Kier molecular flexibility index (Phi) is 2.55. The first kappa shape index (κ1) is 11.6. The van der Waals surface area contributed by atoms with Crippen molar-refractivity contribution in [2.75, 3.05) is 0 Å². The van der Waals surface area contributed by atoms with Gasteiger partial charge in [0.05, 0.1) is 12.0 Å². The van der Waals surface area contributed by atoms with Gasteiger partial charge in [0.1, 0.15) is 5.69 Å². The van der Waals surface area contributed by atoms with E-state index in [4.69, 9.17) is 8.94 Å². The van der Waals surface area contributed by atoms with Crippen molar-refractivity contribution in [2.24, 2.45) is 7.05 Å². The molecule has 3 aromatic rings. The molecular formula is C16H16N2O2. The third-order valence-electron chi connectivity index (χ3n) is 4.09. The summed E-state index contributed by atoms with van der Waals surface area (Å²) in [5.74, 6) is 1.53. The lowest BCUT2D eigenvalue weighted by Crippen LogP contribution is -2.05. The topological polar surface area (TPSA) is 44.1 Å². The minimum absolute atomic E-state index is 0.735. The summed E-state index contributed by atoms with van der Waals surface area (Å²) >= 11 is 0. The van der Waals surface area contributed by atoms with Gasteiger partial charge in [-0.25, -0.2) is 0 Å². The average Bonchev–Trinajstić information content (AvgIpc) is 3.17. The number of fused-ring (bicyclic) bond motifs is 1. The van der Waals surface area contributed by atoms with Crippen LogP contribution >= 0.6 is 0 Å². The minimum Gasteiger partial charge on any atom is -0.463 e. The molecule has 0 atom stereocenters. The van der Waals surface area contributed by atoms with Gasteiger partial charge >= 0.3 is 0 Å². The molecule has 0 bridgehead atoms. The van der Waals surface area contributed by atoms with E-state index in [1.165, 1.54) is 30.5 Å². The highest BCUT2D eigenvalue weighted by Crippen LogP contribution is 2.32. The van der Waals surface area contributed by atoms with Crippen LogP contribution in [0.25, 0.3) is 22.9 Å². The Morgan fingerprint density at radius 2 is 2.05 bits per heavy atom. The lowest BCUT2D eigenvalue weighted by molar-refractivity contribution is 0.429. The van der Waals surface area contributed by atoms with E-state index in [0.29, 0.717) is 0 Å². The van der Waals surface area contributed by atoms with Gasteiger partial charge in [0.25, 0.3) is 0 Å². The maximum absolute atomic E-state index is 5.50. The average molecular weight is 268 g/mol. The third-order valence-corrected chi connectivity index (χ3v) is 4.09. The van der Waals surface area contributed by atoms with Crippen LogP contribution in [0.2, 0.25) is 0 Å². The van der Waals surface area contributed by atoms with Gasteiger partial charge in [-0.1, -0.05) is 5.16 Å². The second-order valence-corrected chi connectivity index (χ2v) is 5.32. The number of rotatable bonds is 2. The van der Waals surface area contributed by atoms with Crippen LogP contribution in [0.1, 0.15) is 24.1 Å². The van der Waals surface area contributed by atoms with Gasteiger partial charge in [0, 0.05) is 18.8 Å². The molecule has 0 radical (unpaired) electrons. The van der Waals surface area contributed by atoms with Gasteiger partial charge in [-0.2, -0.15) is 0 Å². The van der Waals surface area contributed by atoms with Crippen LogP contribution in [0.3, 0.4) is 0 Å². The highest BCUT2D eigenvalue weighted by Gasteiger charge is 2.20. The molecule has 0 aromatic carbocycles. The van der Waals surface area contributed by atoms with Crippen LogP contribution in [-0.2, 0) is 19.9 Å². The van der Waals surface area contributed by atoms with E-state index < -0.39 is 0 Å². The molecule has 0 fully saturated rings. The Hall–Kier alpha value is -2.23. The van der Waals surface area contributed by atoms with E-state index in [9.17, 15) is 0 Å². The number of hydrogen-bond donors (Lipinski definition) is 0. The fourth-order valence-electron chi connectivity index (χ4n) is 3.03. The van der Waals surface area contributed by atoms with Crippen molar-refractivity contribution in [2.45, 2.75) is 25.7 Å². The molecule has 0 amide bonds. The van der Waals surface area contributed by atoms with Crippen molar-refractivity contribution < 1.29 is 8.94 Å². The fraction of sp³-hybridized carbons (Fsp3) is 0.312. The van der Waals surface area contributed by atoms with Crippen LogP contribution in [0, 0.1) is 0 Å². The van der Waals surface area contributed by atoms with Crippen LogP contribution in [0.4, 0.5) is 0 Å². The van der Waals surface area contributed by atoms with Gasteiger partial charge in [-0.05, 0) is 49.4 Å². The van der Waals surface area contributed by atoms with Crippen LogP contribution < -0.4 is 0 Å². The molecule has 0 aliphatic heterocycles. The predicted octanol–water partition coefficient (Wildman–Crippen LogP) is 3.82. The molecule has 3 heterocycles. The van der Waals surface area contributed by atoms with Crippen molar-refractivity contribution in [1.29, 1.82) is 0 Å². The Bertz CT molecular complexity index is 735. The Morgan fingerprint density at radius 1 is 1.15 bits per heavy atom. The minimum atomic E-state index is 0.735. The predicted molar refractivity (Wildman–Crippen MR) is 75.3 cm³/mol. The standard InChI is InChI=1S/C16H16N2O2/c1-18-13-6-3-2-5-11(13)9-14(18)16-10-12(17-20-16)15-7-4-8-19-15/h4,7-10H,2-3,5-6H2,1H3. The second kappa shape index (κ2) is 4.40. The van der Waals surface area contributed by atoms with Gasteiger partial charge < -0.3 is 13.5 Å². The normalized spacial score (nSPS) is 14.4. The molecule has 0 N–H and O–H groups in total. The van der Waals surface area contributed by atoms with Crippen molar-refractivity contribution >= 4 is 0 Å². The lowest BCUT2D eigenvalue weighted by atomic mass is 9.98. The van der Waals surface area contributed by atoms with Crippen molar-refractivity contribution in [1.82, 2.24) is 9.72 Å². The molecule has 4 nitrogen and oxygen atoms in total. The third kappa shape index (κ3) is 1.72. The maximum atomic E-state index is 5.50. The SMILES string of the molecule is Cn1c(-c2cc(-c3ccco3)no2)cc2c1CCCC2. The summed E-state index contributed by atoms with van der Waals surface area (Å²) in [7, 11) is 2.11. The smallest absolute Gasteiger partial charge is 0.183 e. The van der Waals surface area contributed by atoms with Gasteiger partial charge in [-0.15, -0.1) is 0 Å². The van der Waals surface area contributed by atoms with Crippen molar-refractivity contribution in [3.63, 3.8) is 0 Å². The molecule has 20 heavy (non-hydrogen) atoms. The number of furan rings is 1. The van der Waals surface area contributed by atoms with Gasteiger partial charge in [-0.3, -0.25) is 0 Å². The van der Waals surface area contributed by atoms with E-state index in [2.05, 4.69) is 22.8 Å². The number of nitrogens with zero attached hydrogens (tertiary/aromatic N) is 2. The fourth-order valence-corrected chi connectivity index (χ4v) is 3.03. The second-order valence-electron chi connectivity index (χ2n) is 5.32. The molecule has 1 aliphatic rings. The summed E-state index contributed by atoms with van der Waals surface area (Å²) in [6, 6.07) is 7.92. The van der Waals surface area contributed by atoms with E-state index in [0.717, 1.165) is 29.3 Å². The van der Waals surface area contributed by atoms with Gasteiger partial charge in [0.15, 0.2) is 11.5 Å². The molecule has 0 saturated heterocycles. The zero-order valence-electron chi connectivity index (χ0n) is 11.4. The summed E-state index contributed by atoms with van der Waals surface area (Å²) in [6.45, 7) is 0. The van der Waals surface area contributed by atoms with E-state index >= 15 is 0 Å².